The molecule has 2 unspecified atom stereocenters. The molecule has 2 atom stereocenters. The van der Waals surface area contributed by atoms with E-state index in [-0.39, 0.29) is 5.82 Å². The molecule has 1 aliphatic heterocycles. The molecule has 0 aromatic heterocycles. The summed E-state index contributed by atoms with van der Waals surface area (Å²) in [6, 6.07) is 6.14. The van der Waals surface area contributed by atoms with E-state index in [0.29, 0.717) is 16.6 Å². The van der Waals surface area contributed by atoms with Gasteiger partial charge >= 0.3 is 0 Å². The Morgan fingerprint density at radius 1 is 1.53 bits per heavy atom. The van der Waals surface area contributed by atoms with E-state index in [2.05, 4.69) is 40.1 Å². The van der Waals surface area contributed by atoms with Gasteiger partial charge < -0.3 is 5.32 Å². The summed E-state index contributed by atoms with van der Waals surface area (Å²) in [5.74, 6) is -0.203. The third kappa shape index (κ3) is 2.87. The standard InChI is InChI=1S/C13H18BrFN2/c1-9(17(2)11-5-6-16-8-11)10-3-4-13(15)12(14)7-10/h3-4,7,9,11,16H,5-6,8H2,1-2H3. The molecular weight excluding hydrogens is 283 g/mol. The average molecular weight is 301 g/mol. The molecule has 2 nitrogen and oxygen atoms in total. The summed E-state index contributed by atoms with van der Waals surface area (Å²) in [6.07, 6.45) is 1.18. The van der Waals surface area contributed by atoms with E-state index in [1.54, 1.807) is 0 Å². The number of nitrogens with one attached hydrogen (secondary N) is 1. The molecule has 2 rings (SSSR count). The van der Waals surface area contributed by atoms with Crippen LogP contribution in [0.2, 0.25) is 0 Å². The zero-order valence-corrected chi connectivity index (χ0v) is 11.8. The first-order valence-corrected chi connectivity index (χ1v) is 6.76. The molecule has 1 fully saturated rings. The summed E-state index contributed by atoms with van der Waals surface area (Å²) in [5, 5.41) is 3.37. The summed E-state index contributed by atoms with van der Waals surface area (Å²) in [4.78, 5) is 2.36. The van der Waals surface area contributed by atoms with Gasteiger partial charge in [-0.05, 0) is 60.6 Å². The topological polar surface area (TPSA) is 15.3 Å². The van der Waals surface area contributed by atoms with E-state index in [1.807, 2.05) is 12.1 Å². The molecule has 0 spiro atoms. The third-order valence-corrected chi connectivity index (χ3v) is 4.25. The lowest BCUT2D eigenvalue weighted by Crippen LogP contribution is -2.35. The number of likely N-dealkylation sites (N-methyl/N-ethyl adjacent to an activating group) is 1. The highest BCUT2D eigenvalue weighted by molar-refractivity contribution is 9.10. The summed E-state index contributed by atoms with van der Waals surface area (Å²) in [6.45, 7) is 4.30. The SMILES string of the molecule is CC(c1ccc(F)c(Br)c1)N(C)C1CCNC1. The van der Waals surface area contributed by atoms with Crippen molar-refractivity contribution in [2.45, 2.75) is 25.4 Å². The van der Waals surface area contributed by atoms with Gasteiger partial charge in [0.25, 0.3) is 0 Å². The van der Waals surface area contributed by atoms with Crippen LogP contribution >= 0.6 is 15.9 Å². The number of rotatable bonds is 3. The van der Waals surface area contributed by atoms with E-state index >= 15 is 0 Å². The minimum Gasteiger partial charge on any atom is -0.315 e. The van der Waals surface area contributed by atoms with Crippen molar-refractivity contribution in [1.29, 1.82) is 0 Å². The molecule has 0 bridgehead atoms. The van der Waals surface area contributed by atoms with Crippen LogP contribution in [0.5, 0.6) is 0 Å². The largest absolute Gasteiger partial charge is 0.315 e. The Balaban J connectivity index is 2.12. The molecule has 1 saturated heterocycles. The highest BCUT2D eigenvalue weighted by atomic mass is 79.9. The lowest BCUT2D eigenvalue weighted by molar-refractivity contribution is 0.197. The molecule has 94 valence electrons. The molecule has 17 heavy (non-hydrogen) atoms. The fourth-order valence-electron chi connectivity index (χ4n) is 2.31. The fourth-order valence-corrected chi connectivity index (χ4v) is 2.71. The Morgan fingerprint density at radius 3 is 2.88 bits per heavy atom. The van der Waals surface area contributed by atoms with Gasteiger partial charge in [0.2, 0.25) is 0 Å². The van der Waals surface area contributed by atoms with Gasteiger partial charge in [-0.25, -0.2) is 4.39 Å². The first-order valence-electron chi connectivity index (χ1n) is 5.97. The minimum atomic E-state index is -0.203. The zero-order chi connectivity index (χ0) is 12.4. The van der Waals surface area contributed by atoms with E-state index in [1.165, 1.54) is 12.5 Å². The van der Waals surface area contributed by atoms with Crippen molar-refractivity contribution < 1.29 is 4.39 Å². The van der Waals surface area contributed by atoms with Crippen LogP contribution in [0, 0.1) is 5.82 Å². The molecule has 0 saturated carbocycles. The smallest absolute Gasteiger partial charge is 0.137 e. The number of hydrogen-bond donors (Lipinski definition) is 1. The first kappa shape index (κ1) is 13.0. The van der Waals surface area contributed by atoms with Crippen LogP contribution < -0.4 is 5.32 Å². The van der Waals surface area contributed by atoms with Crippen molar-refractivity contribution in [3.63, 3.8) is 0 Å². The highest BCUT2D eigenvalue weighted by Gasteiger charge is 2.24. The van der Waals surface area contributed by atoms with Crippen molar-refractivity contribution in [2.75, 3.05) is 20.1 Å². The number of benzene rings is 1. The maximum atomic E-state index is 13.2. The predicted octanol–water partition coefficient (Wildman–Crippen LogP) is 2.94. The first-order chi connectivity index (χ1) is 8.09. The molecule has 0 amide bonds. The lowest BCUT2D eigenvalue weighted by Gasteiger charge is -2.30. The molecule has 0 aliphatic carbocycles. The van der Waals surface area contributed by atoms with E-state index in [9.17, 15) is 4.39 Å². The van der Waals surface area contributed by atoms with Gasteiger partial charge in [0.15, 0.2) is 0 Å². The summed E-state index contributed by atoms with van der Waals surface area (Å²) in [7, 11) is 2.14. The minimum absolute atomic E-state index is 0.203. The normalized spacial score (nSPS) is 22.1. The third-order valence-electron chi connectivity index (χ3n) is 3.65. The maximum Gasteiger partial charge on any atom is 0.137 e. The molecule has 1 aromatic carbocycles. The molecule has 0 radical (unpaired) electrons. The van der Waals surface area contributed by atoms with Crippen molar-refractivity contribution in [1.82, 2.24) is 10.2 Å². The molecule has 1 N–H and O–H groups in total. The van der Waals surface area contributed by atoms with Gasteiger partial charge in [0.1, 0.15) is 5.82 Å². The van der Waals surface area contributed by atoms with Gasteiger partial charge in [-0.15, -0.1) is 0 Å². The van der Waals surface area contributed by atoms with Crippen LogP contribution in [0.4, 0.5) is 4.39 Å². The molecule has 1 aliphatic rings. The van der Waals surface area contributed by atoms with Crippen molar-refractivity contribution >= 4 is 15.9 Å². The van der Waals surface area contributed by atoms with Crippen LogP contribution in [-0.2, 0) is 0 Å². The van der Waals surface area contributed by atoms with Crippen LogP contribution in [0.3, 0.4) is 0 Å². The van der Waals surface area contributed by atoms with Crippen molar-refractivity contribution in [2.24, 2.45) is 0 Å². The summed E-state index contributed by atoms with van der Waals surface area (Å²) in [5.41, 5.74) is 1.15. The molecule has 1 heterocycles. The number of nitrogens with zero attached hydrogens (tertiary/aromatic N) is 1. The second kappa shape index (κ2) is 5.46. The Morgan fingerprint density at radius 2 is 2.29 bits per heavy atom. The van der Waals surface area contributed by atoms with Gasteiger partial charge in [0.05, 0.1) is 4.47 Å². The number of hydrogen-bond acceptors (Lipinski definition) is 2. The van der Waals surface area contributed by atoms with Crippen LogP contribution in [0.25, 0.3) is 0 Å². The second-order valence-corrected chi connectivity index (χ2v) is 5.52. The fraction of sp³-hybridized carbons (Fsp3) is 0.538. The highest BCUT2D eigenvalue weighted by Crippen LogP contribution is 2.26. The predicted molar refractivity (Wildman–Crippen MR) is 71.6 cm³/mol. The van der Waals surface area contributed by atoms with Crippen LogP contribution in [0.1, 0.15) is 24.9 Å². The molecular formula is C13H18BrFN2. The van der Waals surface area contributed by atoms with Crippen LogP contribution in [0.15, 0.2) is 22.7 Å². The molecule has 4 heteroatoms. The van der Waals surface area contributed by atoms with E-state index in [4.69, 9.17) is 0 Å². The van der Waals surface area contributed by atoms with E-state index < -0.39 is 0 Å². The summed E-state index contributed by atoms with van der Waals surface area (Å²) < 4.78 is 13.7. The summed E-state index contributed by atoms with van der Waals surface area (Å²) >= 11 is 3.24. The lowest BCUT2D eigenvalue weighted by atomic mass is 10.1. The number of halogens is 2. The average Bonchev–Trinajstić information content (AvgIpc) is 2.84. The Kier molecular flexibility index (Phi) is 4.17. The Hall–Kier alpha value is -0.450. The Labute approximate surface area is 110 Å². The Bertz CT molecular complexity index is 391. The van der Waals surface area contributed by atoms with Gasteiger partial charge in [-0.2, -0.15) is 0 Å². The maximum absolute atomic E-state index is 13.2. The van der Waals surface area contributed by atoms with Gasteiger partial charge in [0, 0.05) is 18.6 Å². The van der Waals surface area contributed by atoms with E-state index in [0.717, 1.165) is 18.7 Å². The van der Waals surface area contributed by atoms with Gasteiger partial charge in [-0.1, -0.05) is 6.07 Å². The van der Waals surface area contributed by atoms with Crippen molar-refractivity contribution in [3.8, 4) is 0 Å². The zero-order valence-electron chi connectivity index (χ0n) is 10.2. The molecule has 1 aromatic rings. The van der Waals surface area contributed by atoms with Crippen LogP contribution in [-0.4, -0.2) is 31.1 Å². The second-order valence-electron chi connectivity index (χ2n) is 4.66. The van der Waals surface area contributed by atoms with Crippen molar-refractivity contribution in [3.05, 3.63) is 34.1 Å². The van der Waals surface area contributed by atoms with Gasteiger partial charge in [-0.3, -0.25) is 4.90 Å². The quantitative estimate of drug-likeness (QED) is 0.923. The monoisotopic (exact) mass is 300 g/mol.